The molecule has 6 heteroatoms. The highest BCUT2D eigenvalue weighted by Crippen LogP contribution is 2.14. The molecule has 98 valence electrons. The highest BCUT2D eigenvalue weighted by atomic mass is 19.4. The highest BCUT2D eigenvalue weighted by molar-refractivity contribution is 5.11. The van der Waals surface area contributed by atoms with Gasteiger partial charge in [0.25, 0.3) is 0 Å². The summed E-state index contributed by atoms with van der Waals surface area (Å²) in [5.41, 5.74) is 6.72. The molecule has 0 aromatic carbocycles. The Bertz CT molecular complexity index is 334. The predicted molar refractivity (Wildman–Crippen MR) is 58.7 cm³/mol. The van der Waals surface area contributed by atoms with Crippen molar-refractivity contribution in [2.24, 2.45) is 5.73 Å². The average molecular weight is 250 g/mol. The lowest BCUT2D eigenvalue weighted by molar-refractivity contribution is -0.174. The number of hydrogen-bond acceptors (Lipinski definition) is 2. The van der Waals surface area contributed by atoms with Crippen molar-refractivity contribution in [3.8, 4) is 0 Å². The Balaban J connectivity index is 2.25. The van der Waals surface area contributed by atoms with E-state index in [9.17, 15) is 13.2 Å². The summed E-state index contributed by atoms with van der Waals surface area (Å²) in [7, 11) is 0. The third-order valence-corrected chi connectivity index (χ3v) is 2.13. The molecule has 0 saturated carbocycles. The molecule has 1 rings (SSSR count). The van der Waals surface area contributed by atoms with E-state index in [-0.39, 0.29) is 12.6 Å². The van der Waals surface area contributed by atoms with Crippen molar-refractivity contribution in [2.45, 2.75) is 32.1 Å². The molecule has 1 heterocycles. The quantitative estimate of drug-likeness (QED) is 0.784. The van der Waals surface area contributed by atoms with Gasteiger partial charge in [0.15, 0.2) is 0 Å². The van der Waals surface area contributed by atoms with Crippen LogP contribution in [0.2, 0.25) is 0 Å². The smallest absolute Gasteiger partial charge is 0.370 e. The number of ether oxygens (including phenoxy) is 1. The van der Waals surface area contributed by atoms with Gasteiger partial charge in [-0.2, -0.15) is 13.2 Å². The molecule has 0 amide bonds. The van der Waals surface area contributed by atoms with Crippen LogP contribution in [-0.2, 0) is 17.7 Å². The molecule has 0 spiro atoms. The largest absolute Gasteiger partial charge is 0.411 e. The zero-order chi connectivity index (χ0) is 12.9. The Morgan fingerprint density at radius 2 is 2.18 bits per heavy atom. The fourth-order valence-corrected chi connectivity index (χ4v) is 1.48. The van der Waals surface area contributed by atoms with Crippen LogP contribution in [0.1, 0.15) is 12.5 Å². The van der Waals surface area contributed by atoms with Gasteiger partial charge in [0, 0.05) is 25.0 Å². The molecule has 0 radical (unpaired) electrons. The van der Waals surface area contributed by atoms with Crippen molar-refractivity contribution in [3.05, 3.63) is 24.0 Å². The molecule has 3 nitrogen and oxygen atoms in total. The first-order chi connectivity index (χ1) is 7.87. The summed E-state index contributed by atoms with van der Waals surface area (Å²) in [5.74, 6) is 0. The molecule has 0 aliphatic rings. The Kier molecular flexibility index (Phi) is 5.02. The molecule has 17 heavy (non-hydrogen) atoms. The minimum atomic E-state index is -4.25. The molecule has 2 N–H and O–H groups in total. The van der Waals surface area contributed by atoms with Crippen LogP contribution in [0.3, 0.4) is 0 Å². The minimum absolute atomic E-state index is 0.0474. The predicted octanol–water partition coefficient (Wildman–Crippen LogP) is 1.96. The lowest BCUT2D eigenvalue weighted by atomic mass is 10.1. The Labute approximate surface area is 98.4 Å². The fourth-order valence-electron chi connectivity index (χ4n) is 1.48. The summed E-state index contributed by atoms with van der Waals surface area (Å²) >= 11 is 0. The number of rotatable bonds is 6. The van der Waals surface area contributed by atoms with E-state index in [2.05, 4.69) is 4.74 Å². The summed E-state index contributed by atoms with van der Waals surface area (Å²) in [5, 5.41) is 0. The maximum absolute atomic E-state index is 11.8. The lowest BCUT2D eigenvalue weighted by Gasteiger charge is -2.08. The second-order valence-corrected chi connectivity index (χ2v) is 4.11. The Morgan fingerprint density at radius 3 is 2.76 bits per heavy atom. The highest BCUT2D eigenvalue weighted by Gasteiger charge is 2.27. The molecule has 0 bridgehead atoms. The van der Waals surface area contributed by atoms with Crippen LogP contribution in [0.4, 0.5) is 13.2 Å². The van der Waals surface area contributed by atoms with Crippen molar-refractivity contribution in [1.29, 1.82) is 0 Å². The summed E-state index contributed by atoms with van der Waals surface area (Å²) in [6, 6.07) is 1.99. The molecule has 1 atom stereocenters. The maximum atomic E-state index is 11.8. The van der Waals surface area contributed by atoms with Gasteiger partial charge in [0.2, 0.25) is 0 Å². The topological polar surface area (TPSA) is 40.2 Å². The van der Waals surface area contributed by atoms with Gasteiger partial charge < -0.3 is 15.0 Å². The van der Waals surface area contributed by atoms with Crippen LogP contribution < -0.4 is 5.73 Å². The van der Waals surface area contributed by atoms with E-state index in [1.165, 1.54) is 0 Å². The standard InChI is InChI=1S/C11H17F3N2O/c1-9(15)6-10-2-3-16(7-10)4-5-17-8-11(12,13)14/h2-3,7,9H,4-6,8,15H2,1H3. The second-order valence-electron chi connectivity index (χ2n) is 4.11. The molecular formula is C11H17F3N2O. The van der Waals surface area contributed by atoms with E-state index in [4.69, 9.17) is 5.73 Å². The zero-order valence-electron chi connectivity index (χ0n) is 9.70. The number of halogens is 3. The third-order valence-electron chi connectivity index (χ3n) is 2.13. The summed E-state index contributed by atoms with van der Waals surface area (Å²) in [4.78, 5) is 0. The Morgan fingerprint density at radius 1 is 1.47 bits per heavy atom. The SMILES string of the molecule is CC(N)Cc1ccn(CCOCC(F)(F)F)c1. The normalized spacial score (nSPS) is 13.9. The van der Waals surface area contributed by atoms with Crippen molar-refractivity contribution < 1.29 is 17.9 Å². The number of hydrogen-bond donors (Lipinski definition) is 1. The van der Waals surface area contributed by atoms with Crippen molar-refractivity contribution in [3.63, 3.8) is 0 Å². The average Bonchev–Trinajstić information content (AvgIpc) is 2.58. The van der Waals surface area contributed by atoms with Crippen LogP contribution in [0, 0.1) is 0 Å². The molecular weight excluding hydrogens is 233 g/mol. The molecule has 0 aliphatic heterocycles. The van der Waals surface area contributed by atoms with Gasteiger partial charge in [-0.1, -0.05) is 0 Å². The van der Waals surface area contributed by atoms with E-state index in [1.54, 1.807) is 4.57 Å². The number of alkyl halides is 3. The number of aromatic nitrogens is 1. The van der Waals surface area contributed by atoms with E-state index >= 15 is 0 Å². The molecule has 1 aromatic rings. The van der Waals surface area contributed by atoms with Gasteiger partial charge in [-0.05, 0) is 25.0 Å². The first-order valence-corrected chi connectivity index (χ1v) is 5.41. The molecule has 0 aliphatic carbocycles. The van der Waals surface area contributed by atoms with Gasteiger partial charge in [-0.25, -0.2) is 0 Å². The monoisotopic (exact) mass is 250 g/mol. The van der Waals surface area contributed by atoms with Gasteiger partial charge in [0.1, 0.15) is 6.61 Å². The lowest BCUT2D eigenvalue weighted by Crippen LogP contribution is -2.19. The number of nitrogens with zero attached hydrogens (tertiary/aromatic N) is 1. The van der Waals surface area contributed by atoms with E-state index in [0.717, 1.165) is 12.0 Å². The zero-order valence-corrected chi connectivity index (χ0v) is 9.70. The van der Waals surface area contributed by atoms with Crippen LogP contribution in [-0.4, -0.2) is 30.0 Å². The molecule has 0 saturated heterocycles. The first-order valence-electron chi connectivity index (χ1n) is 5.41. The van der Waals surface area contributed by atoms with Gasteiger partial charge in [-0.3, -0.25) is 0 Å². The Hall–Kier alpha value is -1.01. The van der Waals surface area contributed by atoms with Crippen LogP contribution >= 0.6 is 0 Å². The van der Waals surface area contributed by atoms with E-state index in [0.29, 0.717) is 6.54 Å². The third kappa shape index (κ3) is 6.33. The molecule has 1 unspecified atom stereocenters. The second kappa shape index (κ2) is 6.07. The van der Waals surface area contributed by atoms with Crippen LogP contribution in [0.25, 0.3) is 0 Å². The summed E-state index contributed by atoms with van der Waals surface area (Å²) < 4.78 is 41.7. The summed E-state index contributed by atoms with van der Waals surface area (Å²) in [6.45, 7) is 1.17. The maximum Gasteiger partial charge on any atom is 0.411 e. The van der Waals surface area contributed by atoms with Crippen molar-refractivity contribution in [2.75, 3.05) is 13.2 Å². The first kappa shape index (κ1) is 14.1. The fraction of sp³-hybridized carbons (Fsp3) is 0.636. The van der Waals surface area contributed by atoms with Gasteiger partial charge in [-0.15, -0.1) is 0 Å². The van der Waals surface area contributed by atoms with E-state index in [1.807, 2.05) is 25.4 Å². The van der Waals surface area contributed by atoms with Gasteiger partial charge >= 0.3 is 6.18 Å². The molecule has 1 aromatic heterocycles. The van der Waals surface area contributed by atoms with Crippen LogP contribution in [0.15, 0.2) is 18.5 Å². The minimum Gasteiger partial charge on any atom is -0.370 e. The van der Waals surface area contributed by atoms with Crippen molar-refractivity contribution >= 4 is 0 Å². The van der Waals surface area contributed by atoms with Gasteiger partial charge in [0.05, 0.1) is 6.61 Å². The molecule has 0 fully saturated rings. The van der Waals surface area contributed by atoms with Crippen LogP contribution in [0.5, 0.6) is 0 Å². The van der Waals surface area contributed by atoms with Crippen molar-refractivity contribution in [1.82, 2.24) is 4.57 Å². The number of nitrogens with two attached hydrogens (primary N) is 1. The van der Waals surface area contributed by atoms with E-state index < -0.39 is 12.8 Å². The summed E-state index contributed by atoms with van der Waals surface area (Å²) in [6.07, 6.45) is 0.197.